The van der Waals surface area contributed by atoms with E-state index in [0.717, 1.165) is 5.56 Å². The van der Waals surface area contributed by atoms with E-state index in [0.29, 0.717) is 0 Å². The van der Waals surface area contributed by atoms with Gasteiger partial charge in [0.2, 0.25) is 17.7 Å². The molecular formula is C19H28N4O7. The maximum absolute atomic E-state index is 12.7. The third kappa shape index (κ3) is 7.78. The quantitative estimate of drug-likeness (QED) is 0.202. The van der Waals surface area contributed by atoms with Crippen molar-refractivity contribution < 1.29 is 34.5 Å². The molecule has 30 heavy (non-hydrogen) atoms. The number of benzene rings is 1. The molecule has 11 heteroatoms. The van der Waals surface area contributed by atoms with Crippen molar-refractivity contribution in [2.24, 2.45) is 5.73 Å². The van der Waals surface area contributed by atoms with Crippen LogP contribution in [0.2, 0.25) is 0 Å². The van der Waals surface area contributed by atoms with Gasteiger partial charge in [0, 0.05) is 6.42 Å². The molecular weight excluding hydrogens is 396 g/mol. The van der Waals surface area contributed by atoms with Gasteiger partial charge < -0.3 is 37.0 Å². The largest absolute Gasteiger partial charge is 0.480 e. The number of aliphatic hydroxyl groups excluding tert-OH is 2. The van der Waals surface area contributed by atoms with E-state index in [1.54, 1.807) is 30.3 Å². The number of aliphatic carboxylic acids is 1. The topological polar surface area (TPSA) is 191 Å². The van der Waals surface area contributed by atoms with E-state index < -0.39 is 60.6 Å². The van der Waals surface area contributed by atoms with Gasteiger partial charge in [0.1, 0.15) is 12.1 Å². The van der Waals surface area contributed by atoms with Crippen LogP contribution in [-0.2, 0) is 25.6 Å². The van der Waals surface area contributed by atoms with Gasteiger partial charge in [-0.3, -0.25) is 14.4 Å². The Balaban J connectivity index is 2.93. The molecule has 1 aromatic rings. The van der Waals surface area contributed by atoms with Gasteiger partial charge in [0.25, 0.3) is 0 Å². The van der Waals surface area contributed by atoms with Crippen LogP contribution in [0.15, 0.2) is 30.3 Å². The molecule has 0 fully saturated rings. The molecule has 0 aliphatic carbocycles. The third-order valence-corrected chi connectivity index (χ3v) is 4.19. The smallest absolute Gasteiger partial charge is 0.328 e. The van der Waals surface area contributed by atoms with Gasteiger partial charge in [0.05, 0.1) is 18.8 Å². The zero-order valence-corrected chi connectivity index (χ0v) is 16.7. The van der Waals surface area contributed by atoms with Crippen LogP contribution in [0, 0.1) is 0 Å². The highest BCUT2D eigenvalue weighted by Crippen LogP contribution is 2.05. The maximum atomic E-state index is 12.7. The third-order valence-electron chi connectivity index (χ3n) is 4.19. The lowest BCUT2D eigenvalue weighted by Gasteiger charge is -2.24. The highest BCUT2D eigenvalue weighted by Gasteiger charge is 2.31. The molecule has 1 aromatic carbocycles. The van der Waals surface area contributed by atoms with Crippen molar-refractivity contribution in [1.82, 2.24) is 16.0 Å². The summed E-state index contributed by atoms with van der Waals surface area (Å²) < 4.78 is 0. The Kier molecular flexibility index (Phi) is 9.89. The second kappa shape index (κ2) is 11.9. The van der Waals surface area contributed by atoms with E-state index in [4.69, 9.17) is 10.8 Å². The van der Waals surface area contributed by atoms with E-state index in [1.165, 1.54) is 13.8 Å². The Labute approximate surface area is 173 Å². The number of hydrogen-bond acceptors (Lipinski definition) is 7. The number of nitrogens with one attached hydrogen (secondary N) is 3. The van der Waals surface area contributed by atoms with Crippen molar-refractivity contribution >= 4 is 23.7 Å². The predicted octanol–water partition coefficient (Wildman–Crippen LogP) is -2.51. The van der Waals surface area contributed by atoms with Crippen molar-refractivity contribution in [1.29, 1.82) is 0 Å². The van der Waals surface area contributed by atoms with Crippen LogP contribution in [-0.4, -0.2) is 75.9 Å². The van der Waals surface area contributed by atoms with Gasteiger partial charge in [0.15, 0.2) is 6.04 Å². The summed E-state index contributed by atoms with van der Waals surface area (Å²) in [6.45, 7) is 1.78. The number of carboxylic acids is 1. The predicted molar refractivity (Wildman–Crippen MR) is 106 cm³/mol. The molecule has 0 aliphatic heterocycles. The molecule has 0 spiro atoms. The molecule has 3 amide bonds. The lowest BCUT2D eigenvalue weighted by atomic mass is 10.0. The number of carbonyl (C=O) groups excluding carboxylic acids is 3. The average molecular weight is 424 g/mol. The fourth-order valence-corrected chi connectivity index (χ4v) is 2.47. The Bertz CT molecular complexity index is 740. The summed E-state index contributed by atoms with van der Waals surface area (Å²) in [6, 6.07) is 3.68. The lowest BCUT2D eigenvalue weighted by Crippen LogP contribution is -2.59. The summed E-state index contributed by atoms with van der Waals surface area (Å²) in [5, 5.41) is 34.8. The van der Waals surface area contributed by atoms with Crippen LogP contribution in [0.3, 0.4) is 0 Å². The summed E-state index contributed by atoms with van der Waals surface area (Å²) >= 11 is 0. The van der Waals surface area contributed by atoms with Crippen molar-refractivity contribution in [2.75, 3.05) is 6.61 Å². The zero-order chi connectivity index (χ0) is 22.8. The van der Waals surface area contributed by atoms with Crippen LogP contribution in [0.4, 0.5) is 0 Å². The molecule has 1 rings (SSSR count). The van der Waals surface area contributed by atoms with Crippen LogP contribution in [0.1, 0.15) is 19.4 Å². The first-order chi connectivity index (χ1) is 14.1. The highest BCUT2D eigenvalue weighted by molar-refractivity contribution is 5.94. The average Bonchev–Trinajstić information content (AvgIpc) is 2.69. The van der Waals surface area contributed by atoms with Gasteiger partial charge in [-0.2, -0.15) is 0 Å². The SMILES string of the molecule is CC(N)C(=O)NC(Cc1ccccc1)C(=O)NC(CO)C(=O)NC(C(=O)O)C(C)O. The molecule has 0 radical (unpaired) electrons. The second-order valence-electron chi connectivity index (χ2n) is 6.85. The second-order valence-corrected chi connectivity index (χ2v) is 6.85. The van der Waals surface area contributed by atoms with E-state index in [-0.39, 0.29) is 6.42 Å². The molecule has 5 unspecified atom stereocenters. The van der Waals surface area contributed by atoms with E-state index in [9.17, 15) is 29.4 Å². The first-order valence-electron chi connectivity index (χ1n) is 9.29. The molecule has 0 aliphatic rings. The Morgan fingerprint density at radius 2 is 1.47 bits per heavy atom. The molecule has 166 valence electrons. The molecule has 0 heterocycles. The summed E-state index contributed by atoms with van der Waals surface area (Å²) in [7, 11) is 0. The number of carboxylic acid groups (broad SMARTS) is 1. The molecule has 8 N–H and O–H groups in total. The minimum absolute atomic E-state index is 0.0936. The molecule has 0 saturated carbocycles. The number of carbonyl (C=O) groups is 4. The summed E-state index contributed by atoms with van der Waals surface area (Å²) in [5.74, 6) is -3.84. The molecule has 0 bridgehead atoms. The van der Waals surface area contributed by atoms with Crippen LogP contribution in [0.25, 0.3) is 0 Å². The highest BCUT2D eigenvalue weighted by atomic mass is 16.4. The van der Waals surface area contributed by atoms with E-state index in [1.807, 2.05) is 5.32 Å². The number of hydrogen-bond donors (Lipinski definition) is 7. The zero-order valence-electron chi connectivity index (χ0n) is 16.7. The van der Waals surface area contributed by atoms with Crippen LogP contribution >= 0.6 is 0 Å². The summed E-state index contributed by atoms with van der Waals surface area (Å²) in [5.41, 5.74) is 6.27. The number of rotatable bonds is 11. The number of aliphatic hydroxyl groups is 2. The Morgan fingerprint density at radius 3 is 1.93 bits per heavy atom. The first-order valence-corrected chi connectivity index (χ1v) is 9.29. The lowest BCUT2D eigenvalue weighted by molar-refractivity contribution is -0.145. The van der Waals surface area contributed by atoms with Gasteiger partial charge in [-0.05, 0) is 19.4 Å². The van der Waals surface area contributed by atoms with Crippen LogP contribution < -0.4 is 21.7 Å². The van der Waals surface area contributed by atoms with Crippen molar-refractivity contribution in [3.05, 3.63) is 35.9 Å². The van der Waals surface area contributed by atoms with Gasteiger partial charge in [-0.25, -0.2) is 4.79 Å². The fraction of sp³-hybridized carbons (Fsp3) is 0.474. The first kappa shape index (κ1) is 25.0. The fourth-order valence-electron chi connectivity index (χ4n) is 2.47. The molecule has 5 atom stereocenters. The monoisotopic (exact) mass is 424 g/mol. The van der Waals surface area contributed by atoms with Gasteiger partial charge in [-0.15, -0.1) is 0 Å². The minimum Gasteiger partial charge on any atom is -0.480 e. The van der Waals surface area contributed by atoms with Crippen LogP contribution in [0.5, 0.6) is 0 Å². The van der Waals surface area contributed by atoms with Crippen molar-refractivity contribution in [2.45, 2.75) is 50.5 Å². The van der Waals surface area contributed by atoms with Crippen molar-refractivity contribution in [3.63, 3.8) is 0 Å². The van der Waals surface area contributed by atoms with E-state index in [2.05, 4.69) is 10.6 Å². The summed E-state index contributed by atoms with van der Waals surface area (Å²) in [4.78, 5) is 48.1. The Hall–Kier alpha value is -3.02. The van der Waals surface area contributed by atoms with Gasteiger partial charge in [-0.1, -0.05) is 30.3 Å². The van der Waals surface area contributed by atoms with Crippen molar-refractivity contribution in [3.8, 4) is 0 Å². The molecule has 0 saturated heterocycles. The standard InChI is InChI=1S/C19H28N4O7/c1-10(20)16(26)21-13(8-12-6-4-3-5-7-12)17(27)22-14(9-24)18(28)23-15(11(2)25)19(29)30/h3-7,10-11,13-15,24-25H,8-9,20H2,1-2H3,(H,21,26)(H,22,27)(H,23,28)(H,29,30). The Morgan fingerprint density at radius 1 is 0.933 bits per heavy atom. The maximum Gasteiger partial charge on any atom is 0.328 e. The summed E-state index contributed by atoms with van der Waals surface area (Å²) in [6.07, 6.45) is -1.31. The number of nitrogens with two attached hydrogens (primary N) is 1. The molecule has 0 aromatic heterocycles. The minimum atomic E-state index is -1.62. The van der Waals surface area contributed by atoms with Gasteiger partial charge >= 0.3 is 5.97 Å². The molecule has 11 nitrogen and oxygen atoms in total. The normalized spacial score (nSPS) is 15.8. The van der Waals surface area contributed by atoms with E-state index >= 15 is 0 Å². The number of amides is 3.